The molecular weight excluding hydrogens is 415 g/mol. The first-order valence-electron chi connectivity index (χ1n) is 9.60. The van der Waals surface area contributed by atoms with E-state index in [0.717, 1.165) is 32.7 Å². The van der Waals surface area contributed by atoms with Gasteiger partial charge in [-0.15, -0.1) is 0 Å². The summed E-state index contributed by atoms with van der Waals surface area (Å²) in [5.74, 6) is 0.416. The summed E-state index contributed by atoms with van der Waals surface area (Å²) in [6.45, 7) is 0. The number of benzene rings is 4. The van der Waals surface area contributed by atoms with E-state index < -0.39 is 7.82 Å². The number of phosphoric ester groups is 1. The smallest absolute Gasteiger partial charge is 0.456 e. The molecule has 0 amide bonds. The third-order valence-electron chi connectivity index (χ3n) is 5.14. The van der Waals surface area contributed by atoms with Gasteiger partial charge in [0, 0.05) is 21.5 Å². The standard InChI is InChI=1S/C24H15O6P/c25-31(26,29-15-9-11-23-19(13-15)17-5-1-3-7-21(17)27-23)30-16-10-12-24-20(14-16)18-6-2-4-8-22(18)28-24/h1-14H,(H,25,26). The highest BCUT2D eigenvalue weighted by Crippen LogP contribution is 2.46. The second-order valence-electron chi connectivity index (χ2n) is 7.16. The van der Waals surface area contributed by atoms with Crippen LogP contribution in [0.1, 0.15) is 0 Å². The lowest BCUT2D eigenvalue weighted by molar-refractivity contribution is 0.291. The van der Waals surface area contributed by atoms with E-state index in [-0.39, 0.29) is 11.5 Å². The Morgan fingerprint density at radius 2 is 1.00 bits per heavy atom. The molecule has 4 aromatic carbocycles. The Morgan fingerprint density at radius 1 is 0.581 bits per heavy atom. The van der Waals surface area contributed by atoms with Gasteiger partial charge in [-0.05, 0) is 48.5 Å². The quantitative estimate of drug-likeness (QED) is 0.302. The van der Waals surface area contributed by atoms with E-state index in [1.54, 1.807) is 36.4 Å². The van der Waals surface area contributed by atoms with Crippen molar-refractivity contribution in [3.05, 3.63) is 84.9 Å². The van der Waals surface area contributed by atoms with Gasteiger partial charge in [-0.2, -0.15) is 0 Å². The van der Waals surface area contributed by atoms with Gasteiger partial charge in [0.2, 0.25) is 0 Å². The summed E-state index contributed by atoms with van der Waals surface area (Å²) in [6.07, 6.45) is 0. The molecule has 31 heavy (non-hydrogen) atoms. The second kappa shape index (κ2) is 6.64. The number of hydrogen-bond donors (Lipinski definition) is 1. The van der Waals surface area contributed by atoms with Gasteiger partial charge in [0.1, 0.15) is 33.8 Å². The highest BCUT2D eigenvalue weighted by molar-refractivity contribution is 7.48. The van der Waals surface area contributed by atoms with Crippen LogP contribution in [0, 0.1) is 0 Å². The fraction of sp³-hybridized carbons (Fsp3) is 0. The largest absolute Gasteiger partial charge is 0.584 e. The van der Waals surface area contributed by atoms with Crippen molar-refractivity contribution in [3.8, 4) is 11.5 Å². The predicted molar refractivity (Wildman–Crippen MR) is 119 cm³/mol. The maximum absolute atomic E-state index is 12.7. The van der Waals surface area contributed by atoms with Gasteiger partial charge in [0.05, 0.1) is 0 Å². The van der Waals surface area contributed by atoms with E-state index in [0.29, 0.717) is 11.2 Å². The van der Waals surface area contributed by atoms with Crippen molar-refractivity contribution in [2.24, 2.45) is 0 Å². The molecular formula is C24H15O6P. The molecule has 0 aliphatic heterocycles. The minimum Gasteiger partial charge on any atom is -0.456 e. The fourth-order valence-corrected chi connectivity index (χ4v) is 4.61. The van der Waals surface area contributed by atoms with E-state index in [4.69, 9.17) is 17.9 Å². The summed E-state index contributed by atoms with van der Waals surface area (Å²) in [6, 6.07) is 25.0. The molecule has 6 rings (SSSR count). The summed E-state index contributed by atoms with van der Waals surface area (Å²) in [4.78, 5) is 10.4. The summed E-state index contributed by atoms with van der Waals surface area (Å²) in [7, 11) is -4.44. The molecule has 0 unspecified atom stereocenters. The fourth-order valence-electron chi connectivity index (χ4n) is 3.81. The van der Waals surface area contributed by atoms with Gasteiger partial charge in [0.25, 0.3) is 0 Å². The SMILES string of the molecule is O=P(O)(Oc1ccc2oc3ccccc3c2c1)Oc1ccc2oc3ccccc3c2c1. The van der Waals surface area contributed by atoms with E-state index in [1.807, 2.05) is 48.5 Å². The Balaban J connectivity index is 1.32. The highest BCUT2D eigenvalue weighted by atomic mass is 31.2. The molecule has 7 heteroatoms. The van der Waals surface area contributed by atoms with Crippen LogP contribution >= 0.6 is 7.82 Å². The van der Waals surface area contributed by atoms with Crippen LogP contribution in [0.3, 0.4) is 0 Å². The molecule has 6 aromatic rings. The lowest BCUT2D eigenvalue weighted by Gasteiger charge is -2.13. The van der Waals surface area contributed by atoms with Gasteiger partial charge >= 0.3 is 7.82 Å². The van der Waals surface area contributed by atoms with Gasteiger partial charge in [-0.3, -0.25) is 4.89 Å². The molecule has 0 saturated carbocycles. The molecule has 2 aromatic heterocycles. The van der Waals surface area contributed by atoms with Crippen LogP contribution in [0.15, 0.2) is 93.8 Å². The zero-order valence-corrected chi connectivity index (χ0v) is 16.9. The number of rotatable bonds is 4. The van der Waals surface area contributed by atoms with Crippen LogP contribution in [0.4, 0.5) is 0 Å². The molecule has 2 heterocycles. The normalized spacial score (nSPS) is 12.2. The monoisotopic (exact) mass is 430 g/mol. The second-order valence-corrected chi connectivity index (χ2v) is 8.47. The number of furan rings is 2. The lowest BCUT2D eigenvalue weighted by atomic mass is 10.1. The average Bonchev–Trinajstić information content (AvgIpc) is 3.31. The maximum atomic E-state index is 12.7. The molecule has 0 atom stereocenters. The van der Waals surface area contributed by atoms with Crippen LogP contribution in [-0.2, 0) is 4.57 Å². The average molecular weight is 430 g/mol. The molecule has 0 spiro atoms. The summed E-state index contributed by atoms with van der Waals surface area (Å²) in [5, 5.41) is 3.38. The van der Waals surface area contributed by atoms with Crippen molar-refractivity contribution < 1.29 is 27.3 Å². The van der Waals surface area contributed by atoms with Crippen LogP contribution in [-0.4, -0.2) is 4.89 Å². The Labute approximate surface area is 175 Å². The Kier molecular flexibility index (Phi) is 3.87. The first-order chi connectivity index (χ1) is 15.1. The Morgan fingerprint density at radius 3 is 1.48 bits per heavy atom. The van der Waals surface area contributed by atoms with Crippen molar-refractivity contribution in [1.29, 1.82) is 0 Å². The van der Waals surface area contributed by atoms with Crippen molar-refractivity contribution in [1.82, 2.24) is 0 Å². The van der Waals surface area contributed by atoms with Gasteiger partial charge in [-0.1, -0.05) is 36.4 Å². The number of phosphoric acid groups is 1. The first-order valence-corrected chi connectivity index (χ1v) is 11.1. The van der Waals surface area contributed by atoms with Crippen LogP contribution in [0.25, 0.3) is 43.9 Å². The van der Waals surface area contributed by atoms with Crippen molar-refractivity contribution in [3.63, 3.8) is 0 Å². The molecule has 0 radical (unpaired) electrons. The van der Waals surface area contributed by atoms with Crippen molar-refractivity contribution in [2.75, 3.05) is 0 Å². The zero-order chi connectivity index (χ0) is 21.0. The summed E-state index contributed by atoms with van der Waals surface area (Å²) in [5.41, 5.74) is 2.80. The van der Waals surface area contributed by atoms with Gasteiger partial charge < -0.3 is 17.9 Å². The molecule has 6 nitrogen and oxygen atoms in total. The zero-order valence-electron chi connectivity index (χ0n) is 16.0. The Hall–Kier alpha value is -3.73. The van der Waals surface area contributed by atoms with Gasteiger partial charge in [-0.25, -0.2) is 4.57 Å². The molecule has 0 aliphatic carbocycles. The van der Waals surface area contributed by atoms with Crippen LogP contribution in [0.2, 0.25) is 0 Å². The molecule has 0 bridgehead atoms. The molecule has 152 valence electrons. The third-order valence-corrected chi connectivity index (χ3v) is 6.02. The molecule has 0 fully saturated rings. The topological polar surface area (TPSA) is 82.0 Å². The summed E-state index contributed by atoms with van der Waals surface area (Å²) < 4.78 is 34.9. The molecule has 0 saturated heterocycles. The minimum absolute atomic E-state index is 0.208. The van der Waals surface area contributed by atoms with Crippen molar-refractivity contribution in [2.45, 2.75) is 0 Å². The van der Waals surface area contributed by atoms with Gasteiger partial charge in [0.15, 0.2) is 0 Å². The number of fused-ring (bicyclic) bond motifs is 6. The highest BCUT2D eigenvalue weighted by Gasteiger charge is 2.26. The first kappa shape index (κ1) is 18.1. The van der Waals surface area contributed by atoms with E-state index in [2.05, 4.69) is 0 Å². The van der Waals surface area contributed by atoms with E-state index in [9.17, 15) is 9.46 Å². The van der Waals surface area contributed by atoms with E-state index in [1.165, 1.54) is 0 Å². The molecule has 0 aliphatic rings. The van der Waals surface area contributed by atoms with Crippen LogP contribution < -0.4 is 9.05 Å². The van der Waals surface area contributed by atoms with Crippen LogP contribution in [0.5, 0.6) is 11.5 Å². The Bertz CT molecular complexity index is 1520. The predicted octanol–water partition coefficient (Wildman–Crippen LogP) is 7.04. The maximum Gasteiger partial charge on any atom is 0.584 e. The number of hydrogen-bond acceptors (Lipinski definition) is 5. The minimum atomic E-state index is -4.44. The molecule has 1 N–H and O–H groups in total. The lowest BCUT2D eigenvalue weighted by Crippen LogP contribution is -1.99. The van der Waals surface area contributed by atoms with Crippen molar-refractivity contribution >= 4 is 51.7 Å². The third kappa shape index (κ3) is 3.13. The van der Waals surface area contributed by atoms with E-state index >= 15 is 0 Å². The summed E-state index contributed by atoms with van der Waals surface area (Å²) >= 11 is 0. The number of para-hydroxylation sites is 2.